The third-order valence-corrected chi connectivity index (χ3v) is 5.05. The summed E-state index contributed by atoms with van der Waals surface area (Å²) in [5.41, 5.74) is 0.566. The van der Waals surface area contributed by atoms with Crippen LogP contribution in [0.4, 0.5) is 8.78 Å². The topological polar surface area (TPSA) is 61.6 Å². The molecule has 6 nitrogen and oxygen atoms in total. The van der Waals surface area contributed by atoms with Gasteiger partial charge in [-0.1, -0.05) is 0 Å². The van der Waals surface area contributed by atoms with E-state index in [0.29, 0.717) is 38.0 Å². The predicted octanol–water partition coefficient (Wildman–Crippen LogP) is 1.21. The molecule has 134 valence electrons. The highest BCUT2D eigenvalue weighted by molar-refractivity contribution is 5.93. The lowest BCUT2D eigenvalue weighted by atomic mass is 10.0. The molecule has 3 heterocycles. The number of hydrogen-bond donors (Lipinski definition) is 1. The predicted molar refractivity (Wildman–Crippen MR) is 84.0 cm³/mol. The molecule has 1 amide bonds. The summed E-state index contributed by atoms with van der Waals surface area (Å²) in [6, 6.07) is -0.479. The van der Waals surface area contributed by atoms with E-state index in [0.717, 1.165) is 0 Å². The van der Waals surface area contributed by atoms with Gasteiger partial charge in [0.1, 0.15) is 0 Å². The standard InChI is InChI=1S/C16H24F2N4O2/c1-2-21-9-12(8-19-21)15(24)20-5-3-13(4-6-20)22-11-16(17,18)7-14(22)10-23/h8-9,13-14,23H,2-7,10-11H2,1H3/t14-/m0/s1. The van der Waals surface area contributed by atoms with Gasteiger partial charge in [0.15, 0.2) is 0 Å². The Labute approximate surface area is 140 Å². The third-order valence-electron chi connectivity index (χ3n) is 5.05. The van der Waals surface area contributed by atoms with Crippen LogP contribution >= 0.6 is 0 Å². The van der Waals surface area contributed by atoms with E-state index in [9.17, 15) is 18.7 Å². The number of aliphatic hydroxyl groups excluding tert-OH is 1. The van der Waals surface area contributed by atoms with Crippen LogP contribution in [-0.2, 0) is 6.54 Å². The van der Waals surface area contributed by atoms with E-state index in [1.807, 2.05) is 6.92 Å². The monoisotopic (exact) mass is 342 g/mol. The van der Waals surface area contributed by atoms with Crippen LogP contribution in [0.2, 0.25) is 0 Å². The van der Waals surface area contributed by atoms with Gasteiger partial charge in [-0.25, -0.2) is 8.78 Å². The Kier molecular flexibility index (Phi) is 4.87. The van der Waals surface area contributed by atoms with E-state index in [2.05, 4.69) is 5.10 Å². The van der Waals surface area contributed by atoms with Crippen LogP contribution in [0.3, 0.4) is 0 Å². The summed E-state index contributed by atoms with van der Waals surface area (Å²) in [7, 11) is 0. The van der Waals surface area contributed by atoms with Gasteiger partial charge in [-0.15, -0.1) is 0 Å². The molecule has 0 unspecified atom stereocenters. The zero-order valence-electron chi connectivity index (χ0n) is 13.9. The normalized spacial score (nSPS) is 25.3. The van der Waals surface area contributed by atoms with Crippen LogP contribution in [0.5, 0.6) is 0 Å². The fourth-order valence-corrected chi connectivity index (χ4v) is 3.75. The summed E-state index contributed by atoms with van der Waals surface area (Å²) < 4.78 is 29.0. The Balaban J connectivity index is 1.58. The minimum atomic E-state index is -2.73. The molecule has 2 aliphatic rings. The second-order valence-corrected chi connectivity index (χ2v) is 6.68. The maximum Gasteiger partial charge on any atom is 0.262 e. The van der Waals surface area contributed by atoms with Gasteiger partial charge >= 0.3 is 0 Å². The number of aliphatic hydroxyl groups is 1. The number of aromatic nitrogens is 2. The summed E-state index contributed by atoms with van der Waals surface area (Å²) in [5, 5.41) is 13.5. The Bertz CT molecular complexity index is 584. The highest BCUT2D eigenvalue weighted by Gasteiger charge is 2.47. The van der Waals surface area contributed by atoms with Crippen LogP contribution in [0.25, 0.3) is 0 Å². The second kappa shape index (κ2) is 6.76. The van der Waals surface area contributed by atoms with Crippen molar-refractivity contribution < 1.29 is 18.7 Å². The molecule has 3 rings (SSSR count). The fraction of sp³-hybridized carbons (Fsp3) is 0.750. The number of hydrogen-bond acceptors (Lipinski definition) is 4. The smallest absolute Gasteiger partial charge is 0.262 e. The van der Waals surface area contributed by atoms with Gasteiger partial charge in [-0.2, -0.15) is 5.10 Å². The van der Waals surface area contributed by atoms with Crippen molar-refractivity contribution in [2.45, 2.75) is 50.7 Å². The fourth-order valence-electron chi connectivity index (χ4n) is 3.75. The van der Waals surface area contributed by atoms with Gasteiger partial charge in [0, 0.05) is 44.3 Å². The summed E-state index contributed by atoms with van der Waals surface area (Å²) >= 11 is 0. The van der Waals surface area contributed by atoms with Crippen molar-refractivity contribution in [3.63, 3.8) is 0 Å². The van der Waals surface area contributed by atoms with Gasteiger partial charge in [-0.3, -0.25) is 14.4 Å². The molecule has 0 bridgehead atoms. The second-order valence-electron chi connectivity index (χ2n) is 6.68. The maximum atomic E-state index is 13.6. The average molecular weight is 342 g/mol. The van der Waals surface area contributed by atoms with Crippen molar-refractivity contribution in [1.82, 2.24) is 19.6 Å². The summed E-state index contributed by atoms with van der Waals surface area (Å²) in [4.78, 5) is 16.0. The molecule has 2 fully saturated rings. The number of amides is 1. The lowest BCUT2D eigenvalue weighted by Gasteiger charge is -2.38. The molecule has 1 atom stereocenters. The number of halogens is 2. The molecular weight excluding hydrogens is 318 g/mol. The summed E-state index contributed by atoms with van der Waals surface area (Å²) in [6.07, 6.45) is 4.33. The first-order chi connectivity index (χ1) is 11.4. The molecule has 8 heteroatoms. The molecule has 1 aromatic heterocycles. The number of carbonyl (C=O) groups is 1. The molecule has 2 aliphatic heterocycles. The number of alkyl halides is 2. The van der Waals surface area contributed by atoms with Crippen LogP contribution in [-0.4, -0.2) is 74.8 Å². The minimum absolute atomic E-state index is 0.00191. The van der Waals surface area contributed by atoms with Gasteiger partial charge in [-0.05, 0) is 19.8 Å². The Morgan fingerprint density at radius 3 is 2.71 bits per heavy atom. The molecule has 0 aromatic carbocycles. The third kappa shape index (κ3) is 3.44. The average Bonchev–Trinajstić information content (AvgIpc) is 3.18. The number of carbonyl (C=O) groups excluding carboxylic acids is 1. The zero-order chi connectivity index (χ0) is 17.3. The largest absolute Gasteiger partial charge is 0.395 e. The molecule has 0 saturated carbocycles. The highest BCUT2D eigenvalue weighted by Crippen LogP contribution is 2.35. The van der Waals surface area contributed by atoms with E-state index in [4.69, 9.17) is 0 Å². The van der Waals surface area contributed by atoms with Crippen molar-refractivity contribution in [3.05, 3.63) is 18.0 Å². The highest BCUT2D eigenvalue weighted by atomic mass is 19.3. The van der Waals surface area contributed by atoms with Crippen LogP contribution in [0.1, 0.15) is 36.5 Å². The number of aryl methyl sites for hydroxylation is 1. The van der Waals surface area contributed by atoms with Gasteiger partial charge in [0.2, 0.25) is 0 Å². The quantitative estimate of drug-likeness (QED) is 0.893. The SMILES string of the molecule is CCn1cc(C(=O)N2CCC(N3CC(F)(F)C[C@H]3CO)CC2)cn1. The van der Waals surface area contributed by atoms with Crippen LogP contribution in [0.15, 0.2) is 12.4 Å². The van der Waals surface area contributed by atoms with E-state index in [1.54, 1.807) is 26.9 Å². The first kappa shape index (κ1) is 17.3. The van der Waals surface area contributed by atoms with Gasteiger partial charge < -0.3 is 10.0 Å². The summed E-state index contributed by atoms with van der Waals surface area (Å²) in [5.74, 6) is -2.78. The van der Waals surface area contributed by atoms with Crippen LogP contribution in [0, 0.1) is 0 Å². The first-order valence-electron chi connectivity index (χ1n) is 8.49. The summed E-state index contributed by atoms with van der Waals surface area (Å²) in [6.45, 7) is 3.21. The molecular formula is C16H24F2N4O2. The van der Waals surface area contributed by atoms with E-state index < -0.39 is 12.0 Å². The molecule has 24 heavy (non-hydrogen) atoms. The van der Waals surface area contributed by atoms with Crippen molar-refractivity contribution in [2.75, 3.05) is 26.2 Å². The first-order valence-corrected chi connectivity index (χ1v) is 8.49. The van der Waals surface area contributed by atoms with E-state index >= 15 is 0 Å². The Hall–Kier alpha value is -1.54. The van der Waals surface area contributed by atoms with Gasteiger partial charge in [0.25, 0.3) is 11.8 Å². The number of rotatable bonds is 4. The van der Waals surface area contributed by atoms with Crippen molar-refractivity contribution >= 4 is 5.91 Å². The molecule has 0 spiro atoms. The number of nitrogens with zero attached hydrogens (tertiary/aromatic N) is 4. The minimum Gasteiger partial charge on any atom is -0.395 e. The lowest BCUT2D eigenvalue weighted by molar-refractivity contribution is 0.00296. The Morgan fingerprint density at radius 2 is 2.12 bits per heavy atom. The van der Waals surface area contributed by atoms with Crippen LogP contribution < -0.4 is 0 Å². The van der Waals surface area contributed by atoms with E-state index in [1.165, 1.54) is 0 Å². The molecule has 0 radical (unpaired) electrons. The van der Waals surface area contributed by atoms with Gasteiger partial charge in [0.05, 0.1) is 24.9 Å². The molecule has 1 aromatic rings. The van der Waals surface area contributed by atoms with Crippen molar-refractivity contribution in [1.29, 1.82) is 0 Å². The maximum absolute atomic E-state index is 13.6. The molecule has 2 saturated heterocycles. The molecule has 0 aliphatic carbocycles. The van der Waals surface area contributed by atoms with E-state index in [-0.39, 0.29) is 31.5 Å². The lowest BCUT2D eigenvalue weighted by Crippen LogP contribution is -2.49. The number of piperidine rings is 1. The molecule has 1 N–H and O–H groups in total. The number of likely N-dealkylation sites (tertiary alicyclic amines) is 2. The Morgan fingerprint density at radius 1 is 1.42 bits per heavy atom. The van der Waals surface area contributed by atoms with Crippen molar-refractivity contribution in [2.24, 2.45) is 0 Å². The van der Waals surface area contributed by atoms with Crippen molar-refractivity contribution in [3.8, 4) is 0 Å². The zero-order valence-corrected chi connectivity index (χ0v) is 13.9.